The van der Waals surface area contributed by atoms with Crippen LogP contribution in [0.3, 0.4) is 0 Å². The lowest BCUT2D eigenvalue weighted by molar-refractivity contribution is 0.0959. The van der Waals surface area contributed by atoms with Crippen LogP contribution >= 0.6 is 0 Å². The normalized spacial score (nSPS) is 10.7. The van der Waals surface area contributed by atoms with Gasteiger partial charge in [-0.25, -0.2) is 14.6 Å². The van der Waals surface area contributed by atoms with Crippen LogP contribution in [0.1, 0.15) is 21.5 Å². The Morgan fingerprint density at radius 1 is 1.07 bits per heavy atom. The van der Waals surface area contributed by atoms with E-state index in [1.807, 2.05) is 12.1 Å². The number of hydrazine groups is 1. The Hall–Kier alpha value is -3.94. The lowest BCUT2D eigenvalue weighted by atomic mass is 10.1. The molecular formula is C21H20N6O2. The second-order valence-electron chi connectivity index (χ2n) is 6.56. The smallest absolute Gasteiger partial charge is 0.273 e. The van der Waals surface area contributed by atoms with E-state index in [1.54, 1.807) is 35.1 Å². The highest BCUT2D eigenvalue weighted by Gasteiger charge is 2.14. The number of nitrogens with zero attached hydrogens (tertiary/aromatic N) is 4. The Labute approximate surface area is 167 Å². The molecule has 1 amide bonds. The molecule has 2 aromatic carbocycles. The van der Waals surface area contributed by atoms with Crippen molar-refractivity contribution >= 4 is 22.8 Å². The molecule has 0 saturated carbocycles. The van der Waals surface area contributed by atoms with E-state index < -0.39 is 0 Å². The predicted molar refractivity (Wildman–Crippen MR) is 110 cm³/mol. The molecule has 0 spiro atoms. The van der Waals surface area contributed by atoms with Crippen molar-refractivity contribution in [3.8, 4) is 11.4 Å². The fraction of sp³-hybridized carbons (Fsp3) is 0.143. The molecule has 2 heterocycles. The van der Waals surface area contributed by atoms with Gasteiger partial charge in [-0.1, -0.05) is 18.2 Å². The second kappa shape index (κ2) is 7.59. The van der Waals surface area contributed by atoms with Crippen molar-refractivity contribution in [1.29, 1.82) is 0 Å². The van der Waals surface area contributed by atoms with Crippen LogP contribution in [0, 0.1) is 13.8 Å². The van der Waals surface area contributed by atoms with Gasteiger partial charge in [0.05, 0.1) is 29.9 Å². The van der Waals surface area contributed by atoms with Gasteiger partial charge in [0, 0.05) is 0 Å². The van der Waals surface area contributed by atoms with Crippen molar-refractivity contribution in [2.24, 2.45) is 0 Å². The lowest BCUT2D eigenvalue weighted by Gasteiger charge is -2.11. The van der Waals surface area contributed by atoms with Crippen molar-refractivity contribution in [3.63, 3.8) is 0 Å². The highest BCUT2D eigenvalue weighted by Crippen LogP contribution is 2.23. The van der Waals surface area contributed by atoms with Gasteiger partial charge in [-0.05, 0) is 49.2 Å². The number of carbonyl (C=O) groups is 1. The molecule has 0 radical (unpaired) electrons. The second-order valence-corrected chi connectivity index (χ2v) is 6.56. The standard InChI is InChI=1S/C21H20N6O2/c1-13-8-9-15(10-14(13)2)27-20-17(11-24-27)19(22-12-23-20)25-26-21(28)16-6-4-5-7-18(16)29-3/h4-12H,1-3H3,(H,26,28)(H,22,23,25). The summed E-state index contributed by atoms with van der Waals surface area (Å²) in [7, 11) is 1.52. The monoisotopic (exact) mass is 388 g/mol. The minimum Gasteiger partial charge on any atom is -0.496 e. The Morgan fingerprint density at radius 2 is 1.90 bits per heavy atom. The van der Waals surface area contributed by atoms with Gasteiger partial charge >= 0.3 is 0 Å². The van der Waals surface area contributed by atoms with Crippen molar-refractivity contribution in [2.75, 3.05) is 12.5 Å². The number of para-hydroxylation sites is 1. The molecule has 0 aliphatic carbocycles. The molecule has 0 fully saturated rings. The van der Waals surface area contributed by atoms with Crippen LogP contribution in [0.25, 0.3) is 16.7 Å². The van der Waals surface area contributed by atoms with Crippen LogP contribution in [0.15, 0.2) is 55.0 Å². The highest BCUT2D eigenvalue weighted by molar-refractivity contribution is 5.98. The number of amides is 1. The zero-order valence-corrected chi connectivity index (χ0v) is 16.3. The summed E-state index contributed by atoms with van der Waals surface area (Å²) in [6.07, 6.45) is 3.10. The molecule has 2 aromatic heterocycles. The zero-order valence-electron chi connectivity index (χ0n) is 16.3. The lowest BCUT2D eigenvalue weighted by Crippen LogP contribution is -2.30. The van der Waals surface area contributed by atoms with Crippen LogP contribution in [0.5, 0.6) is 5.75 Å². The number of ether oxygens (including phenoxy) is 1. The van der Waals surface area contributed by atoms with Crippen molar-refractivity contribution in [2.45, 2.75) is 13.8 Å². The fourth-order valence-corrected chi connectivity index (χ4v) is 3.01. The Balaban J connectivity index is 1.61. The van der Waals surface area contributed by atoms with Gasteiger partial charge in [0.2, 0.25) is 0 Å². The topological polar surface area (TPSA) is 94.0 Å². The van der Waals surface area contributed by atoms with Crippen molar-refractivity contribution in [1.82, 2.24) is 25.2 Å². The Morgan fingerprint density at radius 3 is 2.69 bits per heavy atom. The summed E-state index contributed by atoms with van der Waals surface area (Å²) in [5.74, 6) is 0.603. The molecule has 0 atom stereocenters. The van der Waals surface area contributed by atoms with Crippen LogP contribution < -0.4 is 15.6 Å². The molecule has 0 aliphatic rings. The number of benzene rings is 2. The number of aryl methyl sites for hydroxylation is 2. The van der Waals surface area contributed by atoms with Gasteiger partial charge in [0.25, 0.3) is 5.91 Å². The zero-order chi connectivity index (χ0) is 20.4. The average molecular weight is 388 g/mol. The molecule has 146 valence electrons. The SMILES string of the molecule is COc1ccccc1C(=O)NNc1ncnc2c1cnn2-c1ccc(C)c(C)c1. The number of hydrogen-bond acceptors (Lipinski definition) is 6. The molecule has 0 unspecified atom stereocenters. The first-order valence-corrected chi connectivity index (χ1v) is 9.04. The number of carbonyl (C=O) groups excluding carboxylic acids is 1. The van der Waals surface area contributed by atoms with E-state index in [0.717, 1.165) is 5.69 Å². The van der Waals surface area contributed by atoms with Crippen molar-refractivity contribution in [3.05, 3.63) is 71.7 Å². The number of rotatable bonds is 5. The first-order chi connectivity index (χ1) is 14.1. The van der Waals surface area contributed by atoms with Crippen LogP contribution in [0.2, 0.25) is 0 Å². The van der Waals surface area contributed by atoms with E-state index >= 15 is 0 Å². The first kappa shape index (κ1) is 18.4. The van der Waals surface area contributed by atoms with Crippen molar-refractivity contribution < 1.29 is 9.53 Å². The average Bonchev–Trinajstić information content (AvgIpc) is 3.18. The summed E-state index contributed by atoms with van der Waals surface area (Å²) in [6, 6.07) is 13.1. The van der Waals surface area contributed by atoms with Gasteiger partial charge in [0.1, 0.15) is 12.1 Å². The Bertz CT molecular complexity index is 1200. The van der Waals surface area contributed by atoms with Gasteiger partial charge < -0.3 is 4.74 Å². The summed E-state index contributed by atoms with van der Waals surface area (Å²) in [5.41, 5.74) is 9.85. The maximum atomic E-state index is 12.5. The van der Waals surface area contributed by atoms with Crippen LogP contribution in [-0.4, -0.2) is 32.8 Å². The van der Waals surface area contributed by atoms with Crippen LogP contribution in [0.4, 0.5) is 5.82 Å². The maximum absolute atomic E-state index is 12.5. The third-order valence-electron chi connectivity index (χ3n) is 4.75. The molecule has 29 heavy (non-hydrogen) atoms. The summed E-state index contributed by atoms with van der Waals surface area (Å²) in [4.78, 5) is 21.1. The number of nitrogens with one attached hydrogen (secondary N) is 2. The van der Waals surface area contributed by atoms with Gasteiger partial charge in [0.15, 0.2) is 11.5 Å². The van der Waals surface area contributed by atoms with E-state index in [-0.39, 0.29) is 5.91 Å². The van der Waals surface area contributed by atoms with Crippen LogP contribution in [-0.2, 0) is 0 Å². The molecule has 2 N–H and O–H groups in total. The third kappa shape index (κ3) is 3.47. The Kier molecular flexibility index (Phi) is 4.82. The number of anilines is 1. The molecule has 8 nitrogen and oxygen atoms in total. The summed E-state index contributed by atoms with van der Waals surface area (Å²) < 4.78 is 6.98. The summed E-state index contributed by atoms with van der Waals surface area (Å²) >= 11 is 0. The minimum absolute atomic E-state index is 0.337. The number of aromatic nitrogens is 4. The van der Waals surface area contributed by atoms with E-state index in [4.69, 9.17) is 4.74 Å². The van der Waals surface area contributed by atoms with Gasteiger partial charge in [-0.3, -0.25) is 15.6 Å². The van der Waals surface area contributed by atoms with E-state index in [0.29, 0.717) is 28.2 Å². The quantitative estimate of drug-likeness (QED) is 0.510. The molecule has 0 saturated heterocycles. The highest BCUT2D eigenvalue weighted by atomic mass is 16.5. The predicted octanol–water partition coefficient (Wildman–Crippen LogP) is 3.20. The van der Waals surface area contributed by atoms with Gasteiger partial charge in [-0.2, -0.15) is 5.10 Å². The number of methoxy groups -OCH3 is 1. The fourth-order valence-electron chi connectivity index (χ4n) is 3.01. The molecule has 0 bridgehead atoms. The van der Waals surface area contributed by atoms with E-state index in [9.17, 15) is 4.79 Å². The first-order valence-electron chi connectivity index (χ1n) is 9.04. The van der Waals surface area contributed by atoms with E-state index in [1.165, 1.54) is 24.6 Å². The molecule has 8 heteroatoms. The summed E-state index contributed by atoms with van der Waals surface area (Å²) in [6.45, 7) is 4.12. The maximum Gasteiger partial charge on any atom is 0.273 e. The largest absolute Gasteiger partial charge is 0.496 e. The van der Waals surface area contributed by atoms with E-state index in [2.05, 4.69) is 45.8 Å². The number of hydrogen-bond donors (Lipinski definition) is 2. The number of fused-ring (bicyclic) bond motifs is 1. The summed E-state index contributed by atoms with van der Waals surface area (Å²) in [5, 5.41) is 5.14. The molecule has 4 aromatic rings. The molecule has 0 aliphatic heterocycles. The van der Waals surface area contributed by atoms with Gasteiger partial charge in [-0.15, -0.1) is 0 Å². The molecule has 4 rings (SSSR count). The molecular weight excluding hydrogens is 368 g/mol. The minimum atomic E-state index is -0.337. The third-order valence-corrected chi connectivity index (χ3v) is 4.75.